The molecular formula is C17H21N5O2. The number of hydrogen-bond acceptors (Lipinski definition) is 5. The second-order valence-electron chi connectivity index (χ2n) is 6.45. The summed E-state index contributed by atoms with van der Waals surface area (Å²) < 4.78 is 7.86. The molecule has 0 bridgehead atoms. The zero-order valence-corrected chi connectivity index (χ0v) is 13.7. The van der Waals surface area contributed by atoms with Crippen molar-refractivity contribution in [2.24, 2.45) is 7.05 Å². The SMILES string of the molecule is Cn1cccc1C(=O)N1CCN2C[C@H](Oc3cncnc3)C[C@H]2C1. The molecule has 126 valence electrons. The molecular weight excluding hydrogens is 306 g/mol. The molecule has 2 saturated heterocycles. The quantitative estimate of drug-likeness (QED) is 0.834. The molecule has 4 rings (SSSR count). The number of amides is 1. The van der Waals surface area contributed by atoms with Crippen molar-refractivity contribution < 1.29 is 9.53 Å². The maximum absolute atomic E-state index is 12.7. The minimum absolute atomic E-state index is 0.114. The summed E-state index contributed by atoms with van der Waals surface area (Å²) in [6.07, 6.45) is 7.84. The van der Waals surface area contributed by atoms with Crippen molar-refractivity contribution in [2.75, 3.05) is 26.2 Å². The number of ether oxygens (including phenoxy) is 1. The maximum Gasteiger partial charge on any atom is 0.270 e. The number of rotatable bonds is 3. The first kappa shape index (κ1) is 15.1. The van der Waals surface area contributed by atoms with Gasteiger partial charge in [0.1, 0.15) is 18.1 Å². The average molecular weight is 327 g/mol. The van der Waals surface area contributed by atoms with E-state index < -0.39 is 0 Å². The number of aromatic nitrogens is 3. The van der Waals surface area contributed by atoms with E-state index in [1.165, 1.54) is 6.33 Å². The van der Waals surface area contributed by atoms with Crippen LogP contribution < -0.4 is 4.74 Å². The van der Waals surface area contributed by atoms with Gasteiger partial charge in [-0.1, -0.05) is 0 Å². The molecule has 7 nitrogen and oxygen atoms in total. The molecule has 0 aliphatic carbocycles. The Balaban J connectivity index is 1.39. The highest BCUT2D eigenvalue weighted by atomic mass is 16.5. The van der Waals surface area contributed by atoms with Crippen molar-refractivity contribution in [3.8, 4) is 5.75 Å². The zero-order valence-electron chi connectivity index (χ0n) is 13.7. The van der Waals surface area contributed by atoms with Crippen LogP contribution in [0.1, 0.15) is 16.9 Å². The van der Waals surface area contributed by atoms with E-state index in [0.29, 0.717) is 11.8 Å². The molecule has 7 heteroatoms. The number of carbonyl (C=O) groups excluding carboxylic acids is 1. The molecule has 2 aromatic rings. The van der Waals surface area contributed by atoms with Gasteiger partial charge in [0.15, 0.2) is 5.75 Å². The zero-order chi connectivity index (χ0) is 16.5. The predicted molar refractivity (Wildman–Crippen MR) is 87.7 cm³/mol. The van der Waals surface area contributed by atoms with E-state index in [-0.39, 0.29) is 12.0 Å². The highest BCUT2D eigenvalue weighted by molar-refractivity contribution is 5.92. The van der Waals surface area contributed by atoms with Gasteiger partial charge in [-0.3, -0.25) is 9.69 Å². The average Bonchev–Trinajstić information content (AvgIpc) is 3.19. The van der Waals surface area contributed by atoms with Crippen molar-refractivity contribution in [3.63, 3.8) is 0 Å². The summed E-state index contributed by atoms with van der Waals surface area (Å²) in [4.78, 5) is 25.0. The molecule has 0 unspecified atom stereocenters. The number of fused-ring (bicyclic) bond motifs is 1. The molecule has 2 fully saturated rings. The van der Waals surface area contributed by atoms with Gasteiger partial charge in [-0.25, -0.2) is 9.97 Å². The maximum atomic E-state index is 12.7. The van der Waals surface area contributed by atoms with Crippen LogP contribution in [0.3, 0.4) is 0 Å². The molecule has 1 amide bonds. The molecule has 2 aliphatic rings. The monoisotopic (exact) mass is 327 g/mol. The summed E-state index contributed by atoms with van der Waals surface area (Å²) in [6, 6.07) is 4.15. The Bertz CT molecular complexity index is 717. The van der Waals surface area contributed by atoms with Gasteiger partial charge in [-0.2, -0.15) is 0 Å². The summed E-state index contributed by atoms with van der Waals surface area (Å²) in [7, 11) is 1.91. The minimum atomic E-state index is 0.114. The number of aryl methyl sites for hydroxylation is 1. The van der Waals surface area contributed by atoms with Gasteiger partial charge in [-0.15, -0.1) is 0 Å². The Hall–Kier alpha value is -2.41. The van der Waals surface area contributed by atoms with Crippen molar-refractivity contribution >= 4 is 5.91 Å². The largest absolute Gasteiger partial charge is 0.486 e. The van der Waals surface area contributed by atoms with Crippen LogP contribution in [0, 0.1) is 0 Å². The summed E-state index contributed by atoms with van der Waals surface area (Å²) in [6.45, 7) is 3.31. The lowest BCUT2D eigenvalue weighted by atomic mass is 10.1. The van der Waals surface area contributed by atoms with Gasteiger partial charge in [-0.05, 0) is 12.1 Å². The molecule has 2 aromatic heterocycles. The van der Waals surface area contributed by atoms with Gasteiger partial charge in [0.25, 0.3) is 5.91 Å². The number of carbonyl (C=O) groups is 1. The smallest absolute Gasteiger partial charge is 0.270 e. The second-order valence-corrected chi connectivity index (χ2v) is 6.45. The second kappa shape index (κ2) is 6.24. The van der Waals surface area contributed by atoms with E-state index in [4.69, 9.17) is 4.74 Å². The fourth-order valence-electron chi connectivity index (χ4n) is 3.65. The van der Waals surface area contributed by atoms with E-state index >= 15 is 0 Å². The predicted octanol–water partition coefficient (Wildman–Crippen LogP) is 0.793. The molecule has 0 radical (unpaired) electrons. The Morgan fingerprint density at radius 1 is 1.25 bits per heavy atom. The van der Waals surface area contributed by atoms with Gasteiger partial charge in [0, 0.05) is 51.9 Å². The third kappa shape index (κ3) is 2.87. The van der Waals surface area contributed by atoms with Crippen molar-refractivity contribution in [2.45, 2.75) is 18.6 Å². The first-order chi connectivity index (χ1) is 11.7. The van der Waals surface area contributed by atoms with Crippen LogP contribution in [-0.2, 0) is 7.05 Å². The molecule has 0 N–H and O–H groups in total. The third-order valence-corrected chi connectivity index (χ3v) is 4.87. The molecule has 24 heavy (non-hydrogen) atoms. The fourth-order valence-corrected chi connectivity index (χ4v) is 3.65. The van der Waals surface area contributed by atoms with Crippen LogP contribution in [0.4, 0.5) is 0 Å². The van der Waals surface area contributed by atoms with Gasteiger partial charge in [0.05, 0.1) is 12.4 Å². The van der Waals surface area contributed by atoms with Crippen molar-refractivity contribution in [3.05, 3.63) is 42.7 Å². The van der Waals surface area contributed by atoms with Gasteiger partial charge < -0.3 is 14.2 Å². The number of hydrogen-bond donors (Lipinski definition) is 0. The van der Waals surface area contributed by atoms with Crippen LogP contribution in [0.15, 0.2) is 37.1 Å². The molecule has 0 spiro atoms. The van der Waals surface area contributed by atoms with Crippen LogP contribution >= 0.6 is 0 Å². The van der Waals surface area contributed by atoms with Crippen molar-refractivity contribution in [1.29, 1.82) is 0 Å². The van der Waals surface area contributed by atoms with Crippen molar-refractivity contribution in [1.82, 2.24) is 24.3 Å². The summed E-state index contributed by atoms with van der Waals surface area (Å²) in [5.74, 6) is 0.821. The molecule has 0 aromatic carbocycles. The minimum Gasteiger partial charge on any atom is -0.486 e. The highest BCUT2D eigenvalue weighted by Crippen LogP contribution is 2.26. The lowest BCUT2D eigenvalue weighted by Gasteiger charge is -2.37. The summed E-state index contributed by atoms with van der Waals surface area (Å²) >= 11 is 0. The van der Waals surface area contributed by atoms with E-state index in [2.05, 4.69) is 14.9 Å². The highest BCUT2D eigenvalue weighted by Gasteiger charge is 2.38. The van der Waals surface area contributed by atoms with Crippen LogP contribution in [0.25, 0.3) is 0 Å². The summed E-state index contributed by atoms with van der Waals surface area (Å²) in [5.41, 5.74) is 0.746. The van der Waals surface area contributed by atoms with Gasteiger partial charge >= 0.3 is 0 Å². The normalized spacial score (nSPS) is 24.0. The lowest BCUT2D eigenvalue weighted by molar-refractivity contribution is 0.0561. The Morgan fingerprint density at radius 2 is 2.08 bits per heavy atom. The Labute approximate surface area is 140 Å². The first-order valence-electron chi connectivity index (χ1n) is 8.27. The van der Waals surface area contributed by atoms with Crippen LogP contribution in [-0.4, -0.2) is 68.6 Å². The summed E-state index contributed by atoms with van der Waals surface area (Å²) in [5, 5.41) is 0. The Morgan fingerprint density at radius 3 is 2.83 bits per heavy atom. The van der Waals surface area contributed by atoms with E-state index in [9.17, 15) is 4.79 Å². The van der Waals surface area contributed by atoms with E-state index in [0.717, 1.165) is 38.3 Å². The lowest BCUT2D eigenvalue weighted by Crippen LogP contribution is -2.52. The van der Waals surface area contributed by atoms with Gasteiger partial charge in [0.2, 0.25) is 0 Å². The molecule has 2 atom stereocenters. The topological polar surface area (TPSA) is 63.5 Å². The van der Waals surface area contributed by atoms with Crippen LogP contribution in [0.5, 0.6) is 5.75 Å². The first-order valence-corrected chi connectivity index (χ1v) is 8.27. The number of nitrogens with zero attached hydrogens (tertiary/aromatic N) is 5. The van der Waals surface area contributed by atoms with Crippen LogP contribution in [0.2, 0.25) is 0 Å². The fraction of sp³-hybridized carbons (Fsp3) is 0.471. The van der Waals surface area contributed by atoms with E-state index in [1.54, 1.807) is 12.4 Å². The molecule has 4 heterocycles. The van der Waals surface area contributed by atoms with E-state index in [1.807, 2.05) is 34.8 Å². The molecule has 0 saturated carbocycles. The molecule has 2 aliphatic heterocycles. The third-order valence-electron chi connectivity index (χ3n) is 4.87. The number of piperazine rings is 1. The standard InChI is InChI=1S/C17H21N5O2/c1-20-4-2-3-16(20)17(23)22-6-5-21-11-14(7-13(21)10-22)24-15-8-18-12-19-9-15/h2-4,8-9,12-14H,5-7,10-11H2,1H3/t13-,14+/m0/s1. The Kier molecular flexibility index (Phi) is 3.93.